The first-order valence-electron chi connectivity index (χ1n) is 10.4. The number of hydrogen-bond donors (Lipinski definition) is 1. The lowest BCUT2D eigenvalue weighted by atomic mass is 9.95. The van der Waals surface area contributed by atoms with Gasteiger partial charge in [0.15, 0.2) is 0 Å². The minimum Gasteiger partial charge on any atom is -0.378 e. The predicted octanol–water partition coefficient (Wildman–Crippen LogP) is 3.15. The Hall–Kier alpha value is -2.93. The maximum atomic E-state index is 14.0. The van der Waals surface area contributed by atoms with Gasteiger partial charge in [-0.3, -0.25) is 9.59 Å². The molecule has 6 nitrogen and oxygen atoms in total. The summed E-state index contributed by atoms with van der Waals surface area (Å²) in [5, 5.41) is 2.96. The number of rotatable bonds is 4. The van der Waals surface area contributed by atoms with Gasteiger partial charge >= 0.3 is 0 Å². The van der Waals surface area contributed by atoms with Crippen LogP contribution >= 0.6 is 0 Å². The van der Waals surface area contributed by atoms with Crippen molar-refractivity contribution in [2.24, 2.45) is 5.92 Å². The van der Waals surface area contributed by atoms with Crippen molar-refractivity contribution in [2.45, 2.75) is 12.8 Å². The van der Waals surface area contributed by atoms with Gasteiger partial charge < -0.3 is 19.9 Å². The number of nitrogens with zero attached hydrogens (tertiary/aromatic N) is 2. The van der Waals surface area contributed by atoms with E-state index in [9.17, 15) is 14.0 Å². The zero-order valence-electron chi connectivity index (χ0n) is 16.9. The fraction of sp³-hybridized carbons (Fsp3) is 0.391. The third kappa shape index (κ3) is 4.46. The van der Waals surface area contributed by atoms with Gasteiger partial charge in [-0.15, -0.1) is 0 Å². The minimum absolute atomic E-state index is 0.0922. The lowest BCUT2D eigenvalue weighted by Gasteiger charge is -2.33. The average molecular weight is 411 g/mol. The summed E-state index contributed by atoms with van der Waals surface area (Å²) < 4.78 is 19.3. The molecule has 0 saturated carbocycles. The summed E-state index contributed by atoms with van der Waals surface area (Å²) in [6, 6.07) is 13.8. The number of ether oxygens (including phenoxy) is 1. The lowest BCUT2D eigenvalue weighted by molar-refractivity contribution is -0.120. The molecule has 0 aliphatic carbocycles. The van der Waals surface area contributed by atoms with E-state index in [1.165, 1.54) is 6.07 Å². The van der Waals surface area contributed by atoms with Gasteiger partial charge in [0, 0.05) is 32.1 Å². The molecule has 0 spiro atoms. The molecule has 30 heavy (non-hydrogen) atoms. The number of carbonyl (C=O) groups is 2. The molecule has 2 heterocycles. The van der Waals surface area contributed by atoms with E-state index in [4.69, 9.17) is 4.74 Å². The normalized spacial score (nSPS) is 17.6. The Labute approximate surface area is 175 Å². The summed E-state index contributed by atoms with van der Waals surface area (Å²) in [7, 11) is 0. The van der Waals surface area contributed by atoms with E-state index in [2.05, 4.69) is 5.32 Å². The summed E-state index contributed by atoms with van der Waals surface area (Å²) in [6.07, 6.45) is 1.28. The molecule has 2 amide bonds. The summed E-state index contributed by atoms with van der Waals surface area (Å²) in [5.74, 6) is -0.593. The van der Waals surface area contributed by atoms with Crippen molar-refractivity contribution in [1.29, 1.82) is 0 Å². The van der Waals surface area contributed by atoms with Gasteiger partial charge in [0.1, 0.15) is 5.82 Å². The molecule has 2 aliphatic rings. The number of morpholine rings is 1. The second-order valence-electron chi connectivity index (χ2n) is 7.65. The highest BCUT2D eigenvalue weighted by Crippen LogP contribution is 2.27. The predicted molar refractivity (Wildman–Crippen MR) is 113 cm³/mol. The number of para-hydroxylation sites is 2. The Morgan fingerprint density at radius 2 is 1.60 bits per heavy atom. The number of amides is 2. The van der Waals surface area contributed by atoms with Crippen molar-refractivity contribution < 1.29 is 18.7 Å². The smallest absolute Gasteiger partial charge is 0.256 e. The van der Waals surface area contributed by atoms with Crippen molar-refractivity contribution in [3.8, 4) is 0 Å². The van der Waals surface area contributed by atoms with Crippen LogP contribution in [-0.2, 0) is 9.53 Å². The zero-order valence-corrected chi connectivity index (χ0v) is 16.9. The van der Waals surface area contributed by atoms with E-state index >= 15 is 0 Å². The van der Waals surface area contributed by atoms with Crippen molar-refractivity contribution >= 4 is 23.2 Å². The maximum absolute atomic E-state index is 14.0. The van der Waals surface area contributed by atoms with Gasteiger partial charge in [-0.1, -0.05) is 24.3 Å². The molecule has 1 N–H and O–H groups in total. The Balaban J connectivity index is 1.39. The first-order valence-corrected chi connectivity index (χ1v) is 10.4. The van der Waals surface area contributed by atoms with Gasteiger partial charge in [-0.05, 0) is 37.1 Å². The van der Waals surface area contributed by atoms with Crippen LogP contribution in [0.4, 0.5) is 15.8 Å². The first-order chi connectivity index (χ1) is 14.6. The highest BCUT2D eigenvalue weighted by Gasteiger charge is 2.28. The van der Waals surface area contributed by atoms with Gasteiger partial charge in [0.05, 0.1) is 30.2 Å². The van der Waals surface area contributed by atoms with Crippen molar-refractivity contribution in [3.05, 3.63) is 59.9 Å². The van der Waals surface area contributed by atoms with E-state index in [1.54, 1.807) is 35.2 Å². The van der Waals surface area contributed by atoms with E-state index in [0.717, 1.165) is 0 Å². The molecule has 2 aromatic rings. The van der Waals surface area contributed by atoms with E-state index in [-0.39, 0.29) is 23.5 Å². The number of halogens is 1. The van der Waals surface area contributed by atoms with Crippen LogP contribution in [0.15, 0.2) is 48.5 Å². The molecule has 2 aromatic carbocycles. The number of anilines is 2. The zero-order chi connectivity index (χ0) is 20.9. The third-order valence-electron chi connectivity index (χ3n) is 5.77. The van der Waals surface area contributed by atoms with Gasteiger partial charge in [0.2, 0.25) is 5.91 Å². The van der Waals surface area contributed by atoms with Crippen LogP contribution in [0.25, 0.3) is 0 Å². The standard InChI is InChI=1S/C23H26FN3O3/c24-19-6-2-4-8-21(19)26-11-9-17(10-12-26)22(28)25-20-7-3-1-5-18(20)23(29)27-13-15-30-16-14-27/h1-8,17H,9-16H2,(H,25,28). The number of hydrogen-bond acceptors (Lipinski definition) is 4. The fourth-order valence-corrected chi connectivity index (χ4v) is 4.04. The van der Waals surface area contributed by atoms with Crippen LogP contribution in [-0.4, -0.2) is 56.1 Å². The number of nitrogens with one attached hydrogen (secondary N) is 1. The molecule has 0 unspecified atom stereocenters. The van der Waals surface area contributed by atoms with Gasteiger partial charge in [-0.2, -0.15) is 0 Å². The Bertz CT molecular complexity index is 906. The van der Waals surface area contributed by atoms with Crippen molar-refractivity contribution in [2.75, 3.05) is 49.6 Å². The second-order valence-corrected chi connectivity index (χ2v) is 7.65. The number of carbonyl (C=O) groups excluding carboxylic acids is 2. The van der Waals surface area contributed by atoms with Crippen molar-refractivity contribution in [3.63, 3.8) is 0 Å². The van der Waals surface area contributed by atoms with Crippen LogP contribution in [0.5, 0.6) is 0 Å². The molecule has 2 saturated heterocycles. The Kier molecular flexibility index (Phi) is 6.28. The second kappa shape index (κ2) is 9.26. The summed E-state index contributed by atoms with van der Waals surface area (Å²) in [6.45, 7) is 3.40. The molecule has 4 rings (SSSR count). The average Bonchev–Trinajstić information content (AvgIpc) is 2.80. The molecule has 0 radical (unpaired) electrons. The monoisotopic (exact) mass is 411 g/mol. The minimum atomic E-state index is -0.240. The molecular weight excluding hydrogens is 385 g/mol. The Morgan fingerprint density at radius 1 is 0.933 bits per heavy atom. The highest BCUT2D eigenvalue weighted by molar-refractivity contribution is 6.04. The van der Waals surface area contributed by atoms with E-state index in [1.807, 2.05) is 17.0 Å². The largest absolute Gasteiger partial charge is 0.378 e. The molecule has 0 atom stereocenters. The topological polar surface area (TPSA) is 61.9 Å². The fourth-order valence-electron chi connectivity index (χ4n) is 4.04. The molecule has 158 valence electrons. The molecule has 2 aliphatic heterocycles. The Morgan fingerprint density at radius 3 is 2.33 bits per heavy atom. The molecular formula is C23H26FN3O3. The van der Waals surface area contributed by atoms with E-state index < -0.39 is 0 Å². The number of benzene rings is 2. The molecule has 0 bridgehead atoms. The molecule has 2 fully saturated rings. The van der Waals surface area contributed by atoms with Crippen LogP contribution < -0.4 is 10.2 Å². The molecule has 0 aromatic heterocycles. The van der Waals surface area contributed by atoms with Crippen LogP contribution in [0, 0.1) is 11.7 Å². The van der Waals surface area contributed by atoms with Gasteiger partial charge in [0.25, 0.3) is 5.91 Å². The molecule has 7 heteroatoms. The lowest BCUT2D eigenvalue weighted by Crippen LogP contribution is -2.41. The summed E-state index contributed by atoms with van der Waals surface area (Å²) >= 11 is 0. The summed E-state index contributed by atoms with van der Waals surface area (Å²) in [4.78, 5) is 29.5. The SMILES string of the molecule is O=C(Nc1ccccc1C(=O)N1CCOCC1)C1CCN(c2ccccc2F)CC1. The highest BCUT2D eigenvalue weighted by atomic mass is 19.1. The number of piperidine rings is 1. The van der Waals surface area contributed by atoms with Crippen molar-refractivity contribution in [1.82, 2.24) is 4.90 Å². The van der Waals surface area contributed by atoms with Crippen LogP contribution in [0.3, 0.4) is 0 Å². The van der Waals surface area contributed by atoms with Crippen LogP contribution in [0.1, 0.15) is 23.2 Å². The van der Waals surface area contributed by atoms with E-state index in [0.29, 0.717) is 69.2 Å². The quantitative estimate of drug-likeness (QED) is 0.840. The van der Waals surface area contributed by atoms with Crippen LogP contribution in [0.2, 0.25) is 0 Å². The maximum Gasteiger partial charge on any atom is 0.256 e. The summed E-state index contributed by atoms with van der Waals surface area (Å²) in [5.41, 5.74) is 1.62. The van der Waals surface area contributed by atoms with Gasteiger partial charge in [-0.25, -0.2) is 4.39 Å². The first kappa shape index (κ1) is 20.3. The third-order valence-corrected chi connectivity index (χ3v) is 5.77.